The van der Waals surface area contributed by atoms with E-state index in [0.29, 0.717) is 0 Å². The molecule has 0 spiro atoms. The van der Waals surface area contributed by atoms with E-state index >= 15 is 0 Å². The molecule has 0 amide bonds. The van der Waals surface area contributed by atoms with Gasteiger partial charge in [0, 0.05) is 13.3 Å². The molecule has 0 aliphatic carbocycles. The Hall–Kier alpha value is 0.610. The second kappa shape index (κ2) is 3.34. The summed E-state index contributed by atoms with van der Waals surface area (Å²) < 4.78 is 2.53. The summed E-state index contributed by atoms with van der Waals surface area (Å²) >= 11 is 4.63. The molecular weight excluding hydrogens is 352 g/mol. The summed E-state index contributed by atoms with van der Waals surface area (Å²) in [5.41, 5.74) is 2.47. The summed E-state index contributed by atoms with van der Waals surface area (Å²) in [4.78, 5) is 4.22. The average Bonchev–Trinajstić information content (AvgIpc) is 1.93. The number of halogens is 2. The highest BCUT2D eigenvalue weighted by Crippen LogP contribution is 2.18. The van der Waals surface area contributed by atoms with Crippen LogP contribution >= 0.6 is 45.2 Å². The molecule has 0 aromatic carbocycles. The lowest BCUT2D eigenvalue weighted by Gasteiger charge is -2.02. The maximum absolute atomic E-state index is 4.22. The first-order chi connectivity index (χ1) is 4.63. The largest absolute Gasteiger partial charge is 0.259 e. The second-order valence-corrected chi connectivity index (χ2v) is 4.37. The second-order valence-electron chi connectivity index (χ2n) is 2.13. The van der Waals surface area contributed by atoms with Gasteiger partial charge in [0.1, 0.15) is 0 Å². The van der Waals surface area contributed by atoms with Crippen LogP contribution in [0.5, 0.6) is 0 Å². The van der Waals surface area contributed by atoms with Crippen molar-refractivity contribution in [1.82, 2.24) is 4.98 Å². The van der Waals surface area contributed by atoms with Crippen LogP contribution in [0.25, 0.3) is 0 Å². The molecule has 1 aromatic heterocycles. The topological polar surface area (TPSA) is 12.9 Å². The standard InChI is InChI=1S/C7H7I2N/c1-4-6(8)3-10-5(2)7(4)9/h3H,1-2H3. The first kappa shape index (κ1) is 8.70. The Morgan fingerprint density at radius 1 is 1.30 bits per heavy atom. The normalized spacial score (nSPS) is 10.0. The zero-order valence-corrected chi connectivity index (χ0v) is 10.1. The highest BCUT2D eigenvalue weighted by atomic mass is 127. The van der Waals surface area contributed by atoms with E-state index in [1.54, 1.807) is 0 Å². The van der Waals surface area contributed by atoms with Crippen LogP contribution in [-0.4, -0.2) is 4.98 Å². The molecule has 0 atom stereocenters. The SMILES string of the molecule is Cc1ncc(I)c(C)c1I. The summed E-state index contributed by atoms with van der Waals surface area (Å²) in [7, 11) is 0. The zero-order chi connectivity index (χ0) is 7.72. The van der Waals surface area contributed by atoms with Crippen LogP contribution in [-0.2, 0) is 0 Å². The third kappa shape index (κ3) is 1.61. The number of pyridine rings is 1. The van der Waals surface area contributed by atoms with E-state index in [1.807, 2.05) is 13.1 Å². The Labute approximate surface area is 87.9 Å². The maximum Gasteiger partial charge on any atom is 0.0509 e. The quantitative estimate of drug-likeness (QED) is 0.650. The van der Waals surface area contributed by atoms with Crippen molar-refractivity contribution in [3.05, 3.63) is 24.6 Å². The van der Waals surface area contributed by atoms with Gasteiger partial charge < -0.3 is 0 Å². The molecular formula is C7H7I2N. The molecule has 3 heteroatoms. The number of nitrogens with zero attached hydrogens (tertiary/aromatic N) is 1. The summed E-state index contributed by atoms with van der Waals surface area (Å²) in [5.74, 6) is 0. The van der Waals surface area contributed by atoms with Gasteiger partial charge in [-0.2, -0.15) is 0 Å². The van der Waals surface area contributed by atoms with E-state index < -0.39 is 0 Å². The molecule has 1 aromatic rings. The predicted molar refractivity (Wildman–Crippen MR) is 59.1 cm³/mol. The third-order valence-corrected chi connectivity index (χ3v) is 4.05. The van der Waals surface area contributed by atoms with Gasteiger partial charge in [0.2, 0.25) is 0 Å². The number of aryl methyl sites for hydroxylation is 1. The molecule has 0 bridgehead atoms. The number of rotatable bonds is 0. The molecule has 0 radical (unpaired) electrons. The Morgan fingerprint density at radius 2 is 1.90 bits per heavy atom. The van der Waals surface area contributed by atoms with Gasteiger partial charge in [-0.3, -0.25) is 4.98 Å². The van der Waals surface area contributed by atoms with Crippen molar-refractivity contribution in [3.8, 4) is 0 Å². The fourth-order valence-corrected chi connectivity index (χ4v) is 2.04. The van der Waals surface area contributed by atoms with Crippen molar-refractivity contribution >= 4 is 45.2 Å². The van der Waals surface area contributed by atoms with E-state index in [2.05, 4.69) is 57.1 Å². The van der Waals surface area contributed by atoms with Crippen molar-refractivity contribution in [3.63, 3.8) is 0 Å². The molecule has 0 aliphatic rings. The van der Waals surface area contributed by atoms with Crippen LogP contribution < -0.4 is 0 Å². The van der Waals surface area contributed by atoms with Crippen molar-refractivity contribution < 1.29 is 0 Å². The minimum atomic E-state index is 1.12. The van der Waals surface area contributed by atoms with Gasteiger partial charge >= 0.3 is 0 Å². The number of hydrogen-bond acceptors (Lipinski definition) is 1. The highest BCUT2D eigenvalue weighted by Gasteiger charge is 2.01. The molecule has 1 nitrogen and oxygen atoms in total. The Bertz CT molecular complexity index is 231. The van der Waals surface area contributed by atoms with Gasteiger partial charge in [0.15, 0.2) is 0 Å². The fraction of sp³-hybridized carbons (Fsp3) is 0.286. The average molecular weight is 359 g/mol. The van der Waals surface area contributed by atoms with Crippen molar-refractivity contribution in [1.29, 1.82) is 0 Å². The van der Waals surface area contributed by atoms with Crippen LogP contribution in [0.15, 0.2) is 6.20 Å². The molecule has 0 saturated carbocycles. The summed E-state index contributed by atoms with van der Waals surface area (Å²) in [6.07, 6.45) is 1.91. The molecule has 1 rings (SSSR count). The third-order valence-electron chi connectivity index (χ3n) is 1.38. The minimum Gasteiger partial charge on any atom is -0.259 e. The molecule has 0 saturated heterocycles. The zero-order valence-electron chi connectivity index (χ0n) is 5.78. The van der Waals surface area contributed by atoms with Crippen molar-refractivity contribution in [2.45, 2.75) is 13.8 Å². The highest BCUT2D eigenvalue weighted by molar-refractivity contribution is 14.1. The Balaban J connectivity index is 3.34. The molecule has 54 valence electrons. The van der Waals surface area contributed by atoms with E-state index in [1.165, 1.54) is 12.7 Å². The summed E-state index contributed by atoms with van der Waals surface area (Å²) in [5, 5.41) is 0. The van der Waals surface area contributed by atoms with Crippen LogP contribution in [0.2, 0.25) is 0 Å². The van der Waals surface area contributed by atoms with Gasteiger partial charge in [0.05, 0.1) is 5.69 Å². The van der Waals surface area contributed by atoms with E-state index in [0.717, 1.165) is 5.69 Å². The van der Waals surface area contributed by atoms with Crippen LogP contribution in [0, 0.1) is 21.0 Å². The molecule has 1 heterocycles. The van der Waals surface area contributed by atoms with E-state index in [-0.39, 0.29) is 0 Å². The first-order valence-electron chi connectivity index (χ1n) is 2.90. The predicted octanol–water partition coefficient (Wildman–Crippen LogP) is 2.91. The van der Waals surface area contributed by atoms with Crippen molar-refractivity contribution in [2.75, 3.05) is 0 Å². The minimum absolute atomic E-state index is 1.12. The summed E-state index contributed by atoms with van der Waals surface area (Å²) in [6, 6.07) is 0. The molecule has 0 N–H and O–H groups in total. The van der Waals surface area contributed by atoms with Gasteiger partial charge in [-0.15, -0.1) is 0 Å². The monoisotopic (exact) mass is 359 g/mol. The lowest BCUT2D eigenvalue weighted by atomic mass is 10.3. The summed E-state index contributed by atoms with van der Waals surface area (Å²) in [6.45, 7) is 4.16. The van der Waals surface area contributed by atoms with Gasteiger partial charge in [-0.25, -0.2) is 0 Å². The van der Waals surface area contributed by atoms with E-state index in [4.69, 9.17) is 0 Å². The lowest BCUT2D eigenvalue weighted by Crippen LogP contribution is -1.92. The molecule has 0 fully saturated rings. The number of aromatic nitrogens is 1. The first-order valence-corrected chi connectivity index (χ1v) is 5.06. The van der Waals surface area contributed by atoms with Gasteiger partial charge in [0.25, 0.3) is 0 Å². The van der Waals surface area contributed by atoms with Crippen LogP contribution in [0.1, 0.15) is 11.3 Å². The molecule has 0 unspecified atom stereocenters. The van der Waals surface area contributed by atoms with Crippen molar-refractivity contribution in [2.24, 2.45) is 0 Å². The number of hydrogen-bond donors (Lipinski definition) is 0. The van der Waals surface area contributed by atoms with Crippen LogP contribution in [0.3, 0.4) is 0 Å². The smallest absolute Gasteiger partial charge is 0.0509 e. The molecule has 0 aliphatic heterocycles. The van der Waals surface area contributed by atoms with Gasteiger partial charge in [-0.1, -0.05) is 0 Å². The molecule has 10 heavy (non-hydrogen) atoms. The lowest BCUT2D eigenvalue weighted by molar-refractivity contribution is 1.13. The van der Waals surface area contributed by atoms with E-state index in [9.17, 15) is 0 Å². The Kier molecular flexibility index (Phi) is 2.91. The Morgan fingerprint density at radius 3 is 2.40 bits per heavy atom. The van der Waals surface area contributed by atoms with Gasteiger partial charge in [-0.05, 0) is 64.6 Å². The maximum atomic E-state index is 4.22. The van der Waals surface area contributed by atoms with Crippen LogP contribution in [0.4, 0.5) is 0 Å². The fourth-order valence-electron chi connectivity index (χ4n) is 0.683.